The Hall–Kier alpha value is -5.69. The molecule has 2 aromatic carbocycles. The minimum absolute atomic E-state index is 0.00469. The number of piperidine rings is 2. The number of hydrogen-bond acceptors (Lipinski definition) is 15. The van der Waals surface area contributed by atoms with Crippen LogP contribution in [0.5, 0.6) is 11.5 Å². The van der Waals surface area contributed by atoms with Gasteiger partial charge in [0.2, 0.25) is 17.7 Å². The first-order valence-electron chi connectivity index (χ1n) is 23.4. The van der Waals surface area contributed by atoms with Crippen LogP contribution in [0, 0.1) is 11.7 Å². The molecule has 0 unspecified atom stereocenters. The number of nitrogen functional groups attached to an aromatic ring is 1. The summed E-state index contributed by atoms with van der Waals surface area (Å²) in [4.78, 5) is 56.8. The van der Waals surface area contributed by atoms with Crippen LogP contribution < -0.4 is 15.5 Å². The van der Waals surface area contributed by atoms with Crippen LogP contribution in [0.15, 0.2) is 42.7 Å². The lowest BCUT2D eigenvalue weighted by Gasteiger charge is -2.41. The van der Waals surface area contributed by atoms with Crippen molar-refractivity contribution in [3.8, 4) is 22.9 Å². The van der Waals surface area contributed by atoms with Gasteiger partial charge in [-0.2, -0.15) is 4.39 Å². The summed E-state index contributed by atoms with van der Waals surface area (Å²) in [5.74, 6) is 0.225. The number of nitrogens with zero attached hydrogens (tertiary/aromatic N) is 10. The van der Waals surface area contributed by atoms with Crippen LogP contribution in [-0.4, -0.2) is 157 Å². The molecule has 4 fully saturated rings. The lowest BCUT2D eigenvalue weighted by atomic mass is 9.87. The van der Waals surface area contributed by atoms with Crippen molar-refractivity contribution in [3.63, 3.8) is 0 Å². The van der Waals surface area contributed by atoms with Crippen molar-refractivity contribution in [1.82, 2.24) is 39.5 Å². The predicted molar refractivity (Wildman–Crippen MR) is 246 cm³/mol. The minimum atomic E-state index is -1.19. The molecule has 0 bridgehead atoms. The van der Waals surface area contributed by atoms with E-state index in [1.54, 1.807) is 11.0 Å². The molecule has 5 aliphatic heterocycles. The largest absolute Gasteiger partial charge is 0.508 e. The molecular formula is C48H62FN11O6. The van der Waals surface area contributed by atoms with Gasteiger partial charge in [0, 0.05) is 110 Å². The zero-order valence-corrected chi connectivity index (χ0v) is 38.0. The van der Waals surface area contributed by atoms with Crippen LogP contribution in [-0.2, 0) is 29.2 Å². The third-order valence-corrected chi connectivity index (χ3v) is 14.2. The SMILES string of the molecule is CC(C)c1cc(C(=O)N2Cc3ccc(CN4CCN(CC5CCN(C(=O)CC6(O)CCN(c7nc(-c8cnc(N)nc8)nc(N8CCOCC8)c7F)CC6)CC5)CC4)cc3C2)c(O)cc1O. The number of benzene rings is 2. The van der Waals surface area contributed by atoms with E-state index < -0.39 is 11.4 Å². The molecule has 4 aromatic rings. The molecule has 2 aromatic heterocycles. The zero-order chi connectivity index (χ0) is 46.1. The van der Waals surface area contributed by atoms with Crippen molar-refractivity contribution in [2.75, 3.05) is 101 Å². The molecule has 0 saturated carbocycles. The number of nitrogens with two attached hydrogens (primary N) is 1. The number of likely N-dealkylation sites (tertiary alicyclic amines) is 1. The smallest absolute Gasteiger partial charge is 0.258 e. The number of amides is 2. The summed E-state index contributed by atoms with van der Waals surface area (Å²) in [6, 6.07) is 9.36. The number of phenols is 2. The van der Waals surface area contributed by atoms with Crippen LogP contribution in [0.25, 0.3) is 11.4 Å². The number of piperazine rings is 1. The molecule has 66 heavy (non-hydrogen) atoms. The Labute approximate surface area is 385 Å². The number of fused-ring (bicyclic) bond motifs is 1. The minimum Gasteiger partial charge on any atom is -0.508 e. The Bertz CT molecular complexity index is 2390. The number of aliphatic hydroxyl groups is 1. The molecule has 5 N–H and O–H groups in total. The van der Waals surface area contributed by atoms with E-state index in [2.05, 4.69) is 47.9 Å². The number of aromatic nitrogens is 4. The Kier molecular flexibility index (Phi) is 13.3. The van der Waals surface area contributed by atoms with E-state index >= 15 is 4.39 Å². The van der Waals surface area contributed by atoms with Gasteiger partial charge in [-0.15, -0.1) is 0 Å². The number of anilines is 3. The van der Waals surface area contributed by atoms with Crippen molar-refractivity contribution >= 4 is 29.4 Å². The first-order valence-corrected chi connectivity index (χ1v) is 23.4. The highest BCUT2D eigenvalue weighted by Gasteiger charge is 2.39. The maximum atomic E-state index is 16.2. The molecule has 18 heteroatoms. The van der Waals surface area contributed by atoms with Gasteiger partial charge in [0.1, 0.15) is 11.5 Å². The highest BCUT2D eigenvalue weighted by molar-refractivity contribution is 5.97. The Morgan fingerprint density at radius 3 is 2.12 bits per heavy atom. The van der Waals surface area contributed by atoms with E-state index in [0.717, 1.165) is 63.2 Å². The second-order valence-corrected chi connectivity index (χ2v) is 19.1. The molecule has 7 heterocycles. The normalized spacial score (nSPS) is 19.7. The third kappa shape index (κ3) is 10.0. The first kappa shape index (κ1) is 45.5. The molecule has 2 amide bonds. The van der Waals surface area contributed by atoms with Crippen molar-refractivity contribution in [3.05, 3.63) is 76.4 Å². The summed E-state index contributed by atoms with van der Waals surface area (Å²) >= 11 is 0. The van der Waals surface area contributed by atoms with Crippen LogP contribution in [0.1, 0.15) is 84.5 Å². The van der Waals surface area contributed by atoms with Crippen molar-refractivity contribution in [2.24, 2.45) is 5.92 Å². The van der Waals surface area contributed by atoms with Crippen molar-refractivity contribution in [1.29, 1.82) is 0 Å². The third-order valence-electron chi connectivity index (χ3n) is 14.2. The van der Waals surface area contributed by atoms with Gasteiger partial charge < -0.3 is 50.3 Å². The number of phenolic OH excluding ortho intramolecular Hbond substituents is 2. The van der Waals surface area contributed by atoms with E-state index in [0.29, 0.717) is 95.5 Å². The number of rotatable bonds is 11. The van der Waals surface area contributed by atoms with Crippen molar-refractivity contribution in [2.45, 2.75) is 77.1 Å². The van der Waals surface area contributed by atoms with E-state index in [4.69, 9.17) is 10.5 Å². The first-order chi connectivity index (χ1) is 31.8. The van der Waals surface area contributed by atoms with Gasteiger partial charge in [-0.1, -0.05) is 32.0 Å². The second kappa shape index (κ2) is 19.3. The molecule has 0 spiro atoms. The van der Waals surface area contributed by atoms with Crippen LogP contribution in [0.3, 0.4) is 0 Å². The van der Waals surface area contributed by atoms with Gasteiger partial charge in [-0.25, -0.2) is 19.9 Å². The second-order valence-electron chi connectivity index (χ2n) is 19.1. The molecule has 5 aliphatic rings. The molecule has 352 valence electrons. The van der Waals surface area contributed by atoms with Gasteiger partial charge in [-0.3, -0.25) is 14.5 Å². The van der Waals surface area contributed by atoms with Gasteiger partial charge >= 0.3 is 0 Å². The quantitative estimate of drug-likeness (QED) is 0.169. The Morgan fingerprint density at radius 2 is 1.45 bits per heavy atom. The number of aromatic hydroxyl groups is 2. The summed E-state index contributed by atoms with van der Waals surface area (Å²) in [6.45, 7) is 14.5. The Morgan fingerprint density at radius 1 is 0.818 bits per heavy atom. The maximum Gasteiger partial charge on any atom is 0.258 e. The number of carbonyl (C=O) groups excluding carboxylic acids is 2. The lowest BCUT2D eigenvalue weighted by Crippen LogP contribution is -2.50. The topological polar surface area (TPSA) is 201 Å². The number of carbonyl (C=O) groups is 2. The molecular weight excluding hydrogens is 846 g/mol. The average Bonchev–Trinajstić information content (AvgIpc) is 3.74. The average molecular weight is 908 g/mol. The van der Waals surface area contributed by atoms with Gasteiger partial charge in [-0.05, 0) is 65.8 Å². The fraction of sp³-hybridized carbons (Fsp3) is 0.542. The van der Waals surface area contributed by atoms with Gasteiger partial charge in [0.05, 0.1) is 36.4 Å². The summed E-state index contributed by atoms with van der Waals surface area (Å²) in [6.07, 6.45) is 5.54. The molecule has 9 rings (SSSR count). The van der Waals surface area contributed by atoms with Crippen LogP contribution >= 0.6 is 0 Å². The van der Waals surface area contributed by atoms with E-state index in [-0.39, 0.29) is 64.6 Å². The van der Waals surface area contributed by atoms with E-state index in [9.17, 15) is 24.9 Å². The predicted octanol–water partition coefficient (Wildman–Crippen LogP) is 3.96. The van der Waals surface area contributed by atoms with Crippen LogP contribution in [0.2, 0.25) is 0 Å². The van der Waals surface area contributed by atoms with E-state index in [1.165, 1.54) is 24.0 Å². The number of ether oxygens (including phenoxy) is 1. The summed E-state index contributed by atoms with van der Waals surface area (Å²) in [5, 5.41) is 32.4. The zero-order valence-electron chi connectivity index (χ0n) is 38.0. The molecule has 0 radical (unpaired) electrons. The standard InChI is InChI=1S/C48H62FN11O6/c1-31(2)37-22-38(40(62)23-39(37)61)46(64)60-29-34-4-3-33(21-35(34)30-60)28-56-15-13-55(14-16-56)27-32-5-9-57(10-6-32)41(63)24-48(65)7-11-58(12-8-48)44-42(49)45(59-17-19-66-20-18-59)54-43(53-44)36-25-51-47(50)52-26-36/h3-4,21-23,25-26,31-32,61-62,65H,5-20,24,27-30H2,1-2H3,(H2,50,51,52). The highest BCUT2D eigenvalue weighted by Crippen LogP contribution is 2.37. The number of halogens is 1. The fourth-order valence-corrected chi connectivity index (χ4v) is 10.1. The molecule has 0 aliphatic carbocycles. The van der Waals surface area contributed by atoms with E-state index in [1.807, 2.05) is 28.5 Å². The van der Waals surface area contributed by atoms with Gasteiger partial charge in [0.25, 0.3) is 5.91 Å². The summed E-state index contributed by atoms with van der Waals surface area (Å²) in [7, 11) is 0. The molecule has 17 nitrogen and oxygen atoms in total. The monoisotopic (exact) mass is 907 g/mol. The summed E-state index contributed by atoms with van der Waals surface area (Å²) in [5.41, 5.74) is 9.34. The Balaban J connectivity index is 0.716. The molecule has 0 atom stereocenters. The lowest BCUT2D eigenvalue weighted by molar-refractivity contribution is -0.138. The number of morpholine rings is 1. The molecule has 4 saturated heterocycles. The summed E-state index contributed by atoms with van der Waals surface area (Å²) < 4.78 is 21.7. The van der Waals surface area contributed by atoms with Gasteiger partial charge in [0.15, 0.2) is 17.5 Å². The maximum absolute atomic E-state index is 16.2. The number of hydrogen-bond donors (Lipinski definition) is 4. The fourth-order valence-electron chi connectivity index (χ4n) is 10.1. The van der Waals surface area contributed by atoms with Crippen LogP contribution in [0.4, 0.5) is 22.0 Å². The van der Waals surface area contributed by atoms with Crippen molar-refractivity contribution < 1.29 is 34.0 Å². The highest BCUT2D eigenvalue weighted by atomic mass is 19.1.